The van der Waals surface area contributed by atoms with Gasteiger partial charge in [0.05, 0.1) is 24.8 Å². The number of Topliss-reactive ketones (excluding diaryl/α,β-unsaturated/α-hetero) is 1. The molecule has 3 aromatic carbocycles. The van der Waals surface area contributed by atoms with Crippen LogP contribution in [0.15, 0.2) is 82.7 Å². The molecule has 0 unspecified atom stereocenters. The molecular formula is C32H30FN3O5S2. The number of amides is 1. The van der Waals surface area contributed by atoms with Crippen molar-refractivity contribution in [3.05, 3.63) is 101 Å². The van der Waals surface area contributed by atoms with Gasteiger partial charge in [0.2, 0.25) is 5.13 Å². The summed E-state index contributed by atoms with van der Waals surface area (Å²) in [6, 6.07) is 19.0. The summed E-state index contributed by atoms with van der Waals surface area (Å²) in [6.45, 7) is 5.02. The van der Waals surface area contributed by atoms with Crippen LogP contribution in [0.25, 0.3) is 5.76 Å². The first-order chi connectivity index (χ1) is 20.9. The van der Waals surface area contributed by atoms with E-state index < -0.39 is 17.7 Å². The fraction of sp³-hybridized carbons (Fsp3) is 0.250. The van der Waals surface area contributed by atoms with Crippen molar-refractivity contribution in [3.8, 4) is 11.5 Å². The number of thioether (sulfide) groups is 1. The molecule has 1 N–H and O–H groups in total. The van der Waals surface area contributed by atoms with Crippen LogP contribution in [0.3, 0.4) is 0 Å². The highest BCUT2D eigenvalue weighted by atomic mass is 32.2. The topological polar surface area (TPSA) is 102 Å². The van der Waals surface area contributed by atoms with Gasteiger partial charge in [0, 0.05) is 11.3 Å². The number of rotatable bonds is 12. The van der Waals surface area contributed by atoms with Crippen LogP contribution < -0.4 is 14.4 Å². The zero-order valence-electron chi connectivity index (χ0n) is 23.7. The number of ketones is 1. The maximum Gasteiger partial charge on any atom is 0.301 e. The molecule has 0 saturated carbocycles. The van der Waals surface area contributed by atoms with E-state index in [2.05, 4.69) is 17.1 Å². The maximum atomic E-state index is 13.5. The molecule has 11 heteroatoms. The van der Waals surface area contributed by atoms with Crippen molar-refractivity contribution in [2.45, 2.75) is 42.8 Å². The number of halogens is 1. The fourth-order valence-corrected chi connectivity index (χ4v) is 6.36. The van der Waals surface area contributed by atoms with Crippen molar-refractivity contribution in [3.63, 3.8) is 0 Å². The Morgan fingerprint density at radius 3 is 2.30 bits per heavy atom. The molecule has 1 saturated heterocycles. The van der Waals surface area contributed by atoms with Gasteiger partial charge in [-0.25, -0.2) is 4.39 Å². The third-order valence-corrected chi connectivity index (χ3v) is 8.85. The van der Waals surface area contributed by atoms with E-state index in [4.69, 9.17) is 9.47 Å². The zero-order chi connectivity index (χ0) is 30.3. The first kappa shape index (κ1) is 30.2. The first-order valence-corrected chi connectivity index (χ1v) is 15.7. The van der Waals surface area contributed by atoms with Crippen LogP contribution in [0.1, 0.15) is 49.4 Å². The molecule has 1 aliphatic rings. The molecule has 1 atom stereocenters. The summed E-state index contributed by atoms with van der Waals surface area (Å²) in [5, 5.41) is 20.1. The van der Waals surface area contributed by atoms with Crippen LogP contribution in [-0.2, 0) is 15.3 Å². The van der Waals surface area contributed by atoms with Gasteiger partial charge in [-0.15, -0.1) is 10.2 Å². The Labute approximate surface area is 257 Å². The third-order valence-electron chi connectivity index (χ3n) is 6.72. The van der Waals surface area contributed by atoms with Gasteiger partial charge in [0.15, 0.2) is 4.34 Å². The summed E-state index contributed by atoms with van der Waals surface area (Å²) in [7, 11) is 0. The number of aromatic nitrogens is 2. The van der Waals surface area contributed by atoms with Crippen molar-refractivity contribution in [2.75, 3.05) is 18.1 Å². The lowest BCUT2D eigenvalue weighted by Crippen LogP contribution is -2.29. The average Bonchev–Trinajstić information content (AvgIpc) is 3.59. The van der Waals surface area contributed by atoms with E-state index >= 15 is 0 Å². The van der Waals surface area contributed by atoms with E-state index in [1.807, 2.05) is 6.92 Å². The van der Waals surface area contributed by atoms with Crippen LogP contribution in [-0.4, -0.2) is 40.2 Å². The van der Waals surface area contributed by atoms with Crippen LogP contribution in [0, 0.1) is 5.82 Å². The van der Waals surface area contributed by atoms with Crippen LogP contribution in [0.5, 0.6) is 11.5 Å². The van der Waals surface area contributed by atoms with Crippen LogP contribution >= 0.6 is 23.1 Å². The van der Waals surface area contributed by atoms with E-state index in [0.717, 1.165) is 29.7 Å². The third kappa shape index (κ3) is 6.89. The number of unbranched alkanes of at least 4 members (excludes halogenated alkanes) is 1. The number of aliphatic hydroxyl groups excluding tert-OH is 1. The number of ether oxygens (including phenoxy) is 2. The maximum absolute atomic E-state index is 13.5. The van der Waals surface area contributed by atoms with E-state index in [9.17, 15) is 19.1 Å². The smallest absolute Gasteiger partial charge is 0.301 e. The highest BCUT2D eigenvalue weighted by molar-refractivity contribution is 8.00. The van der Waals surface area contributed by atoms with Gasteiger partial charge >= 0.3 is 5.91 Å². The van der Waals surface area contributed by atoms with Crippen molar-refractivity contribution in [1.29, 1.82) is 0 Å². The molecule has 1 aromatic heterocycles. The molecular weight excluding hydrogens is 590 g/mol. The van der Waals surface area contributed by atoms with Crippen molar-refractivity contribution >= 4 is 45.7 Å². The number of anilines is 1. The van der Waals surface area contributed by atoms with Crippen LogP contribution in [0.4, 0.5) is 9.52 Å². The second-order valence-corrected chi connectivity index (χ2v) is 11.8. The summed E-state index contributed by atoms with van der Waals surface area (Å²) in [4.78, 5) is 28.3. The number of carbonyl (C=O) groups is 2. The molecule has 2 heterocycles. The van der Waals surface area contributed by atoms with E-state index in [1.54, 1.807) is 60.7 Å². The Hall–Kier alpha value is -4.22. The lowest BCUT2D eigenvalue weighted by Gasteiger charge is -2.22. The van der Waals surface area contributed by atoms with Crippen molar-refractivity contribution in [1.82, 2.24) is 10.2 Å². The Bertz CT molecular complexity index is 1610. The predicted molar refractivity (Wildman–Crippen MR) is 165 cm³/mol. The molecule has 43 heavy (non-hydrogen) atoms. The number of nitrogens with zero attached hydrogens (tertiary/aromatic N) is 3. The molecule has 0 bridgehead atoms. The summed E-state index contributed by atoms with van der Waals surface area (Å²) in [5.74, 6) is -0.441. The zero-order valence-corrected chi connectivity index (χ0v) is 25.3. The lowest BCUT2D eigenvalue weighted by atomic mass is 9.95. The van der Waals surface area contributed by atoms with Crippen molar-refractivity contribution in [2.24, 2.45) is 0 Å². The molecule has 0 radical (unpaired) electrons. The van der Waals surface area contributed by atoms with Gasteiger partial charge in [0.1, 0.15) is 23.1 Å². The Morgan fingerprint density at radius 1 is 0.953 bits per heavy atom. The van der Waals surface area contributed by atoms with Gasteiger partial charge < -0.3 is 14.6 Å². The van der Waals surface area contributed by atoms with Gasteiger partial charge in [-0.3, -0.25) is 14.5 Å². The Kier molecular flexibility index (Phi) is 9.73. The Balaban J connectivity index is 1.48. The average molecular weight is 620 g/mol. The number of hydrogen-bond donors (Lipinski definition) is 1. The monoisotopic (exact) mass is 619 g/mol. The van der Waals surface area contributed by atoms with Gasteiger partial charge in [-0.05, 0) is 73.0 Å². The molecule has 222 valence electrons. The second-order valence-electron chi connectivity index (χ2n) is 9.66. The SMILES string of the molecule is CCCCOc1ccc(C(O)=C2C(=O)C(=O)N(c3nnc(SCc4ccc(F)cc4)s3)[C@H]2c2ccc(OCC)cc2)cc1. The first-order valence-electron chi connectivity index (χ1n) is 13.9. The highest BCUT2D eigenvalue weighted by Crippen LogP contribution is 2.44. The number of carbonyl (C=O) groups excluding carboxylic acids is 2. The summed E-state index contributed by atoms with van der Waals surface area (Å²) in [5.41, 5.74) is 1.83. The fourth-order valence-electron chi connectivity index (χ4n) is 4.54. The van der Waals surface area contributed by atoms with Crippen molar-refractivity contribution < 1.29 is 28.6 Å². The minimum Gasteiger partial charge on any atom is -0.507 e. The normalized spacial score (nSPS) is 16.1. The number of aliphatic hydroxyl groups is 1. The molecule has 4 aromatic rings. The molecule has 1 fully saturated rings. The Morgan fingerprint density at radius 2 is 1.63 bits per heavy atom. The minimum atomic E-state index is -0.945. The number of hydrogen-bond acceptors (Lipinski definition) is 9. The number of benzene rings is 3. The van der Waals surface area contributed by atoms with Gasteiger partial charge in [0.25, 0.3) is 5.78 Å². The predicted octanol–water partition coefficient (Wildman–Crippen LogP) is 7.17. The van der Waals surface area contributed by atoms with E-state index in [-0.39, 0.29) is 22.3 Å². The van der Waals surface area contributed by atoms with Gasteiger partial charge in [-0.1, -0.05) is 60.7 Å². The summed E-state index contributed by atoms with van der Waals surface area (Å²) < 4.78 is 25.2. The standard InChI is InChI=1S/C32H30FN3O5S2/c1-3-5-18-41-25-16-10-22(11-17-25)28(37)26-27(21-8-14-24(15-9-21)40-4-2)36(30(39)29(26)38)31-34-35-32(43-31)42-19-20-6-12-23(33)13-7-20/h6-17,27,37H,3-5,18-19H2,1-2H3/t27-/m0/s1. The van der Waals surface area contributed by atoms with Gasteiger partial charge in [-0.2, -0.15) is 0 Å². The molecule has 1 aliphatic heterocycles. The van der Waals surface area contributed by atoms with E-state index in [1.165, 1.54) is 28.8 Å². The highest BCUT2D eigenvalue weighted by Gasteiger charge is 2.48. The molecule has 0 spiro atoms. The molecule has 8 nitrogen and oxygen atoms in total. The summed E-state index contributed by atoms with van der Waals surface area (Å²) >= 11 is 2.55. The van der Waals surface area contributed by atoms with Crippen LogP contribution in [0.2, 0.25) is 0 Å². The lowest BCUT2D eigenvalue weighted by molar-refractivity contribution is -0.132. The molecule has 1 amide bonds. The minimum absolute atomic E-state index is 0.0514. The quantitative estimate of drug-likeness (QED) is 0.0445. The molecule has 0 aliphatic carbocycles. The second kappa shape index (κ2) is 13.8. The largest absolute Gasteiger partial charge is 0.507 e. The molecule has 5 rings (SSSR count). The summed E-state index contributed by atoms with van der Waals surface area (Å²) in [6.07, 6.45) is 1.93. The van der Waals surface area contributed by atoms with E-state index in [0.29, 0.717) is 45.9 Å².